The molecule has 0 saturated heterocycles. The normalized spacial score (nSPS) is 11.4. The molecule has 0 atom stereocenters. The predicted molar refractivity (Wildman–Crippen MR) is 74.2 cm³/mol. The second-order valence-electron chi connectivity index (χ2n) is 4.20. The maximum absolute atomic E-state index is 12.0. The number of aryl methyl sites for hydroxylation is 1. The molecule has 2 rings (SSSR count). The molecule has 0 spiro atoms. The van der Waals surface area contributed by atoms with E-state index in [1.54, 1.807) is 24.3 Å². The summed E-state index contributed by atoms with van der Waals surface area (Å²) < 4.78 is 29.0. The van der Waals surface area contributed by atoms with Gasteiger partial charge in [-0.2, -0.15) is 8.42 Å². The van der Waals surface area contributed by atoms with Crippen LogP contribution < -0.4 is 0 Å². The summed E-state index contributed by atoms with van der Waals surface area (Å²) in [7, 11) is -3.68. The number of hydrogen-bond acceptors (Lipinski definition) is 3. The topological polar surface area (TPSA) is 43.4 Å². The van der Waals surface area contributed by atoms with Crippen LogP contribution in [0.25, 0.3) is 0 Å². The van der Waals surface area contributed by atoms with Gasteiger partial charge in [-0.1, -0.05) is 49.4 Å². The highest BCUT2D eigenvalue weighted by Crippen LogP contribution is 2.15. The minimum absolute atomic E-state index is 0.0543. The van der Waals surface area contributed by atoms with E-state index in [4.69, 9.17) is 4.18 Å². The molecule has 3 nitrogen and oxygen atoms in total. The molecule has 0 bridgehead atoms. The first-order chi connectivity index (χ1) is 9.12. The van der Waals surface area contributed by atoms with E-state index in [1.807, 2.05) is 37.3 Å². The van der Waals surface area contributed by atoms with Crippen molar-refractivity contribution in [2.75, 3.05) is 0 Å². The molecule has 0 aliphatic carbocycles. The smallest absolute Gasteiger partial charge is 0.262 e. The Morgan fingerprint density at radius 2 is 1.53 bits per heavy atom. The van der Waals surface area contributed by atoms with Crippen LogP contribution in [-0.2, 0) is 27.3 Å². The average Bonchev–Trinajstić information content (AvgIpc) is 2.46. The Morgan fingerprint density at radius 3 is 2.11 bits per heavy atom. The highest BCUT2D eigenvalue weighted by Gasteiger charge is 2.14. The van der Waals surface area contributed by atoms with Gasteiger partial charge in [0.1, 0.15) is 0 Å². The summed E-state index contributed by atoms with van der Waals surface area (Å²) >= 11 is 0. The van der Waals surface area contributed by atoms with E-state index in [0.717, 1.165) is 17.5 Å². The van der Waals surface area contributed by atoms with E-state index in [1.165, 1.54) is 0 Å². The van der Waals surface area contributed by atoms with Gasteiger partial charge in [0.05, 0.1) is 11.5 Å². The van der Waals surface area contributed by atoms with Crippen molar-refractivity contribution in [1.29, 1.82) is 0 Å². The Hall–Kier alpha value is -1.65. The van der Waals surface area contributed by atoms with Gasteiger partial charge in [-0.3, -0.25) is 4.18 Å². The fraction of sp³-hybridized carbons (Fsp3) is 0.200. The molecule has 0 heterocycles. The summed E-state index contributed by atoms with van der Waals surface area (Å²) in [5, 5.41) is 0. The molecule has 19 heavy (non-hydrogen) atoms. The zero-order valence-corrected chi connectivity index (χ0v) is 11.6. The molecule has 0 radical (unpaired) electrons. The van der Waals surface area contributed by atoms with Gasteiger partial charge in [-0.15, -0.1) is 0 Å². The highest BCUT2D eigenvalue weighted by molar-refractivity contribution is 7.86. The number of benzene rings is 2. The average molecular weight is 276 g/mol. The van der Waals surface area contributed by atoms with E-state index in [0.29, 0.717) is 0 Å². The molecule has 0 unspecified atom stereocenters. The van der Waals surface area contributed by atoms with Crippen LogP contribution in [0.4, 0.5) is 0 Å². The largest absolute Gasteiger partial charge is 0.297 e. The van der Waals surface area contributed by atoms with Crippen molar-refractivity contribution < 1.29 is 12.6 Å². The number of hydrogen-bond donors (Lipinski definition) is 0. The molecular weight excluding hydrogens is 260 g/mol. The Morgan fingerprint density at radius 1 is 0.895 bits per heavy atom. The van der Waals surface area contributed by atoms with Gasteiger partial charge in [-0.25, -0.2) is 0 Å². The lowest BCUT2D eigenvalue weighted by atomic mass is 10.2. The van der Waals surface area contributed by atoms with E-state index in [9.17, 15) is 8.42 Å². The van der Waals surface area contributed by atoms with Gasteiger partial charge in [0.2, 0.25) is 0 Å². The summed E-state index contributed by atoms with van der Waals surface area (Å²) in [5.41, 5.74) is 1.93. The predicted octanol–water partition coefficient (Wildman–Crippen LogP) is 3.15. The maximum atomic E-state index is 12.0. The monoisotopic (exact) mass is 276 g/mol. The minimum Gasteiger partial charge on any atom is -0.262 e. The Labute approximate surface area is 114 Å². The van der Waals surface area contributed by atoms with Crippen LogP contribution in [0.5, 0.6) is 0 Å². The molecule has 0 N–H and O–H groups in total. The molecule has 0 saturated carbocycles. The molecule has 2 aromatic carbocycles. The first-order valence-corrected chi connectivity index (χ1v) is 7.55. The fourth-order valence-corrected chi connectivity index (χ4v) is 2.58. The molecule has 0 aromatic heterocycles. The molecular formula is C15H16O3S. The second kappa shape index (κ2) is 5.99. The Bertz CT molecular complexity index is 616. The van der Waals surface area contributed by atoms with Crippen LogP contribution in [0.15, 0.2) is 59.5 Å². The minimum atomic E-state index is -3.68. The standard InChI is InChI=1S/C15H16O3S/c1-2-13-8-10-15(11-9-13)19(16,17)18-12-14-6-4-3-5-7-14/h3-11H,2,12H2,1H3. The van der Waals surface area contributed by atoms with Crippen molar-refractivity contribution in [1.82, 2.24) is 0 Å². The summed E-state index contributed by atoms with van der Waals surface area (Å²) in [5.74, 6) is 0. The van der Waals surface area contributed by atoms with Gasteiger partial charge in [-0.05, 0) is 29.7 Å². The van der Waals surface area contributed by atoms with E-state index in [2.05, 4.69) is 0 Å². The van der Waals surface area contributed by atoms with Crippen molar-refractivity contribution in [3.63, 3.8) is 0 Å². The molecule has 0 fully saturated rings. The first-order valence-electron chi connectivity index (χ1n) is 6.14. The molecule has 0 aliphatic heterocycles. The van der Waals surface area contributed by atoms with Crippen molar-refractivity contribution in [2.45, 2.75) is 24.8 Å². The molecule has 100 valence electrons. The van der Waals surface area contributed by atoms with Gasteiger partial charge in [0, 0.05) is 0 Å². The lowest BCUT2D eigenvalue weighted by Gasteiger charge is -2.06. The maximum Gasteiger partial charge on any atom is 0.297 e. The van der Waals surface area contributed by atoms with Crippen molar-refractivity contribution in [2.24, 2.45) is 0 Å². The van der Waals surface area contributed by atoms with Crippen LogP contribution >= 0.6 is 0 Å². The summed E-state index contributed by atoms with van der Waals surface area (Å²) in [6.45, 7) is 2.08. The van der Waals surface area contributed by atoms with Crippen molar-refractivity contribution in [3.8, 4) is 0 Å². The van der Waals surface area contributed by atoms with Gasteiger partial charge >= 0.3 is 0 Å². The summed E-state index contributed by atoms with van der Waals surface area (Å²) in [4.78, 5) is 0.195. The van der Waals surface area contributed by atoms with Crippen LogP contribution in [0.2, 0.25) is 0 Å². The summed E-state index contributed by atoms with van der Waals surface area (Å²) in [6, 6.07) is 16.0. The van der Waals surface area contributed by atoms with E-state index in [-0.39, 0.29) is 11.5 Å². The van der Waals surface area contributed by atoms with Crippen LogP contribution in [0, 0.1) is 0 Å². The zero-order valence-electron chi connectivity index (χ0n) is 10.7. The van der Waals surface area contributed by atoms with Crippen LogP contribution in [-0.4, -0.2) is 8.42 Å². The lowest BCUT2D eigenvalue weighted by molar-refractivity contribution is 0.308. The Kier molecular flexibility index (Phi) is 4.35. The van der Waals surface area contributed by atoms with Gasteiger partial charge < -0.3 is 0 Å². The van der Waals surface area contributed by atoms with Gasteiger partial charge in [0.25, 0.3) is 10.1 Å². The van der Waals surface area contributed by atoms with Crippen molar-refractivity contribution in [3.05, 3.63) is 65.7 Å². The third-order valence-corrected chi connectivity index (χ3v) is 4.12. The second-order valence-corrected chi connectivity index (χ2v) is 5.81. The van der Waals surface area contributed by atoms with E-state index < -0.39 is 10.1 Å². The molecule has 0 amide bonds. The number of rotatable bonds is 5. The molecule has 0 aliphatic rings. The lowest BCUT2D eigenvalue weighted by Crippen LogP contribution is -2.06. The molecule has 2 aromatic rings. The summed E-state index contributed by atoms with van der Waals surface area (Å²) in [6.07, 6.45) is 0.880. The van der Waals surface area contributed by atoms with Gasteiger partial charge in [0.15, 0.2) is 0 Å². The quantitative estimate of drug-likeness (QED) is 0.788. The SMILES string of the molecule is CCc1ccc(S(=O)(=O)OCc2ccccc2)cc1. The van der Waals surface area contributed by atoms with E-state index >= 15 is 0 Å². The Balaban J connectivity index is 2.09. The van der Waals surface area contributed by atoms with Crippen LogP contribution in [0.3, 0.4) is 0 Å². The van der Waals surface area contributed by atoms with Crippen molar-refractivity contribution >= 4 is 10.1 Å². The third kappa shape index (κ3) is 3.66. The molecule has 4 heteroatoms. The fourth-order valence-electron chi connectivity index (χ4n) is 1.68. The third-order valence-electron chi connectivity index (χ3n) is 2.84. The highest BCUT2D eigenvalue weighted by atomic mass is 32.2. The zero-order chi connectivity index (χ0) is 13.7. The van der Waals surface area contributed by atoms with Crippen LogP contribution in [0.1, 0.15) is 18.1 Å². The first kappa shape index (κ1) is 13.8.